The van der Waals surface area contributed by atoms with Gasteiger partial charge in [-0.1, -0.05) is 30.2 Å². The lowest BCUT2D eigenvalue weighted by Crippen LogP contribution is -2.45. The monoisotopic (exact) mass is 1060 g/mol. The number of Topliss-reactive ketones (excluding diaryl/α,β-unsaturated/α-hetero) is 1. The highest BCUT2D eigenvalue weighted by atomic mass is 35.5. The third kappa shape index (κ3) is 13.9. The topological polar surface area (TPSA) is 183 Å². The third-order valence-corrected chi connectivity index (χ3v) is 13.5. The van der Waals surface area contributed by atoms with Gasteiger partial charge in [0.1, 0.15) is 23.2 Å². The van der Waals surface area contributed by atoms with Crippen LogP contribution in [0.4, 0.5) is 32.0 Å². The number of halogens is 7. The van der Waals surface area contributed by atoms with Gasteiger partial charge in [-0.3, -0.25) is 19.4 Å². The van der Waals surface area contributed by atoms with Crippen LogP contribution in [-0.2, 0) is 31.9 Å². The zero-order valence-electron chi connectivity index (χ0n) is 41.7. The highest BCUT2D eigenvalue weighted by molar-refractivity contribution is 6.67. The van der Waals surface area contributed by atoms with Crippen molar-refractivity contribution in [2.45, 2.75) is 59.6 Å². The standard InChI is InChI=1S/C27H28F3N5O2.C21H24F3N5.C5H4ClNO2/c1-3-34-6-8-35(9-7-34)16-19-10-20(14-21(11-19)27(28,29)30)26-32-23-5-4-18(12-24(23)33-26)13-25(36)22-15-31-37-17(22)2;1-2-28-5-7-29(8-6-28)13-14-9-15(11-16(10-14)21(22,23)24)20-26-18-4-3-17(25)12-19(18)27-20;1-3-4(5(6)8)2-7-9-3/h4-5,10-12,14-15H,3,6-9,13,16H2,1-2H3,(H,32,33);3-4,9-12H,2,5-8,13,25H2,1H3,(H,26,27);2H,1H3. The molecule has 0 amide bonds. The summed E-state index contributed by atoms with van der Waals surface area (Å²) in [5.41, 5.74) is 11.2. The molecular weight excluding hydrogens is 1000 g/mol. The lowest BCUT2D eigenvalue weighted by Gasteiger charge is -2.34. The number of benzene rings is 4. The molecule has 75 heavy (non-hydrogen) atoms. The zero-order chi connectivity index (χ0) is 53.6. The van der Waals surface area contributed by atoms with Crippen LogP contribution in [0, 0.1) is 13.8 Å². The summed E-state index contributed by atoms with van der Waals surface area (Å²) in [6.07, 6.45) is -6.04. The van der Waals surface area contributed by atoms with Gasteiger partial charge in [0.25, 0.3) is 5.24 Å². The van der Waals surface area contributed by atoms with Crippen LogP contribution in [0.25, 0.3) is 44.8 Å². The molecule has 2 saturated heterocycles. The van der Waals surface area contributed by atoms with Crippen LogP contribution in [0.3, 0.4) is 0 Å². The maximum atomic E-state index is 13.8. The number of anilines is 1. The normalized spacial score (nSPS) is 15.2. The Kier molecular flexibility index (Phi) is 16.9. The molecule has 2 aliphatic heterocycles. The molecule has 22 heteroatoms. The number of nitrogens with zero attached hydrogens (tertiary/aromatic N) is 8. The minimum atomic E-state index is -4.47. The van der Waals surface area contributed by atoms with Crippen molar-refractivity contribution in [3.05, 3.63) is 136 Å². The van der Waals surface area contributed by atoms with Gasteiger partial charge >= 0.3 is 12.4 Å². The first-order valence-electron chi connectivity index (χ1n) is 24.3. The number of piperazine rings is 2. The number of likely N-dealkylation sites (N-methyl/N-ethyl adjacent to an activating group) is 2. The van der Waals surface area contributed by atoms with Crippen LogP contribution < -0.4 is 5.73 Å². The van der Waals surface area contributed by atoms with Gasteiger partial charge in [0, 0.05) is 88.7 Å². The molecule has 0 spiro atoms. The van der Waals surface area contributed by atoms with E-state index in [4.69, 9.17) is 21.9 Å². The van der Waals surface area contributed by atoms with Gasteiger partial charge in [-0.25, -0.2) is 9.97 Å². The Labute approximate surface area is 433 Å². The zero-order valence-corrected chi connectivity index (χ0v) is 42.5. The molecule has 2 fully saturated rings. The van der Waals surface area contributed by atoms with E-state index in [2.05, 4.69) is 68.2 Å². The van der Waals surface area contributed by atoms with Gasteiger partial charge in [-0.15, -0.1) is 0 Å². The van der Waals surface area contributed by atoms with Crippen molar-refractivity contribution in [2.24, 2.45) is 0 Å². The molecule has 0 atom stereocenters. The fourth-order valence-electron chi connectivity index (χ4n) is 9.01. The maximum Gasteiger partial charge on any atom is 0.416 e. The molecular formula is C53H56ClF6N11O4. The van der Waals surface area contributed by atoms with Gasteiger partial charge in [0.05, 0.1) is 56.7 Å². The minimum absolute atomic E-state index is 0.125. The van der Waals surface area contributed by atoms with E-state index in [1.807, 2.05) is 0 Å². The first-order chi connectivity index (χ1) is 35.7. The van der Waals surface area contributed by atoms with Crippen LogP contribution in [-0.4, -0.2) is 126 Å². The summed E-state index contributed by atoms with van der Waals surface area (Å²) in [5, 5.41) is 6.48. The van der Waals surface area contributed by atoms with E-state index in [9.17, 15) is 35.9 Å². The summed E-state index contributed by atoms with van der Waals surface area (Å²) < 4.78 is 91.4. The number of carbonyl (C=O) groups excluding carboxylic acids is 2. The van der Waals surface area contributed by atoms with Crippen molar-refractivity contribution in [2.75, 3.05) is 71.2 Å². The fraction of sp³-hybridized carbons (Fsp3) is 0.358. The number of imidazole rings is 2. The first-order valence-corrected chi connectivity index (χ1v) is 24.7. The number of nitrogens with two attached hydrogens (primary N) is 1. The highest BCUT2D eigenvalue weighted by Gasteiger charge is 2.33. The molecule has 6 heterocycles. The van der Waals surface area contributed by atoms with Crippen molar-refractivity contribution < 1.29 is 45.0 Å². The number of ketones is 1. The Morgan fingerprint density at radius 3 is 1.45 bits per heavy atom. The number of hydrogen-bond acceptors (Lipinski definition) is 13. The number of rotatable bonds is 12. The second kappa shape index (κ2) is 23.3. The second-order valence-electron chi connectivity index (χ2n) is 18.5. The van der Waals surface area contributed by atoms with Gasteiger partial charge in [-0.05, 0) is 122 Å². The molecule has 0 aliphatic carbocycles. The van der Waals surface area contributed by atoms with Crippen LogP contribution in [0.2, 0.25) is 0 Å². The molecule has 8 aromatic rings. The van der Waals surface area contributed by atoms with Crippen LogP contribution >= 0.6 is 11.6 Å². The van der Waals surface area contributed by atoms with Crippen LogP contribution in [0.5, 0.6) is 0 Å². The number of aromatic nitrogens is 6. The fourth-order valence-corrected chi connectivity index (χ4v) is 9.19. The number of fused-ring (bicyclic) bond motifs is 2. The van der Waals surface area contributed by atoms with Gasteiger partial charge in [0.15, 0.2) is 5.78 Å². The van der Waals surface area contributed by atoms with E-state index in [0.29, 0.717) is 97.4 Å². The number of alkyl halides is 6. The van der Waals surface area contributed by atoms with Crippen LogP contribution in [0.15, 0.2) is 94.2 Å². The van der Waals surface area contributed by atoms with Crippen molar-refractivity contribution >= 4 is 50.4 Å². The Morgan fingerprint density at radius 2 is 1.04 bits per heavy atom. The molecule has 4 N–H and O–H groups in total. The molecule has 15 nitrogen and oxygen atoms in total. The quantitative estimate of drug-likeness (QED) is 0.0455. The maximum absolute atomic E-state index is 13.8. The average molecular weight is 1060 g/mol. The van der Waals surface area contributed by atoms with Gasteiger partial charge in [-0.2, -0.15) is 26.3 Å². The van der Waals surface area contributed by atoms with E-state index >= 15 is 0 Å². The van der Waals surface area contributed by atoms with E-state index in [0.717, 1.165) is 83.1 Å². The molecule has 396 valence electrons. The Morgan fingerprint density at radius 1 is 0.600 bits per heavy atom. The molecule has 0 unspecified atom stereocenters. The van der Waals surface area contributed by atoms with E-state index < -0.39 is 28.7 Å². The molecule has 0 saturated carbocycles. The minimum Gasteiger partial charge on any atom is -0.399 e. The summed E-state index contributed by atoms with van der Waals surface area (Å²) in [6.45, 7) is 17.5. The average Bonchev–Trinajstić information content (AvgIpc) is 4.21. The van der Waals surface area contributed by atoms with E-state index in [-0.39, 0.29) is 12.2 Å². The number of H-pyrrole nitrogens is 2. The summed E-state index contributed by atoms with van der Waals surface area (Å²) >= 11 is 5.11. The number of nitrogen functional groups attached to an aromatic ring is 1. The van der Waals surface area contributed by atoms with Crippen molar-refractivity contribution in [3.63, 3.8) is 0 Å². The number of nitrogens with one attached hydrogen (secondary N) is 2. The lowest BCUT2D eigenvalue weighted by molar-refractivity contribution is -0.138. The number of hydrogen-bond donors (Lipinski definition) is 3. The predicted molar refractivity (Wildman–Crippen MR) is 273 cm³/mol. The molecule has 10 rings (SSSR count). The SMILES string of the molecule is CCN1CCN(Cc2cc(-c3nc4ccc(CC(=O)c5cnoc5C)cc4[nH]3)cc(C(F)(F)F)c2)CC1.CCN1CCN(Cc2cc(-c3nc4ccc(N)cc4[nH]3)cc(C(F)(F)F)c2)CC1.Cc1oncc1C(=O)Cl. The smallest absolute Gasteiger partial charge is 0.399 e. The summed E-state index contributed by atoms with van der Waals surface area (Å²) in [5.74, 6) is 1.56. The number of carbonyl (C=O) groups is 2. The molecule has 4 aromatic carbocycles. The molecule has 2 aliphatic rings. The second-order valence-corrected chi connectivity index (χ2v) is 18.9. The summed E-state index contributed by atoms with van der Waals surface area (Å²) in [6, 6.07) is 18.9. The van der Waals surface area contributed by atoms with Crippen LogP contribution in [0.1, 0.15) is 73.9 Å². The predicted octanol–water partition coefficient (Wildman–Crippen LogP) is 10.4. The van der Waals surface area contributed by atoms with Gasteiger partial charge < -0.3 is 34.5 Å². The molecule has 4 aromatic heterocycles. The Bertz CT molecular complexity index is 3260. The Balaban J connectivity index is 0.000000174. The lowest BCUT2D eigenvalue weighted by atomic mass is 10.0. The molecule has 0 bridgehead atoms. The number of aromatic amines is 2. The van der Waals surface area contributed by atoms with Crippen molar-refractivity contribution in [1.82, 2.24) is 49.8 Å². The summed E-state index contributed by atoms with van der Waals surface area (Å²) in [7, 11) is 0. The largest absolute Gasteiger partial charge is 0.416 e. The van der Waals surface area contributed by atoms with E-state index in [1.54, 1.807) is 62.4 Å². The Hall–Kier alpha value is -6.91. The van der Waals surface area contributed by atoms with Crippen molar-refractivity contribution in [3.8, 4) is 22.8 Å². The van der Waals surface area contributed by atoms with E-state index in [1.165, 1.54) is 24.5 Å². The first kappa shape index (κ1) is 54.4. The van der Waals surface area contributed by atoms with Crippen molar-refractivity contribution in [1.29, 1.82) is 0 Å². The molecule has 0 radical (unpaired) electrons. The number of aryl methyl sites for hydroxylation is 2. The summed E-state index contributed by atoms with van der Waals surface area (Å²) in [4.78, 5) is 47.3. The highest BCUT2D eigenvalue weighted by Crippen LogP contribution is 2.36. The van der Waals surface area contributed by atoms with Gasteiger partial charge in [0.2, 0.25) is 0 Å². The third-order valence-electron chi connectivity index (χ3n) is 13.3.